The van der Waals surface area contributed by atoms with Gasteiger partial charge in [-0.1, -0.05) is 23.7 Å². The minimum atomic E-state index is -0.633. The number of nitrogens with one attached hydrogen (secondary N) is 1. The number of amides is 1. The third kappa shape index (κ3) is 4.28. The maximum atomic E-state index is 12.9. The second kappa shape index (κ2) is 8.94. The number of hydrogen-bond donors (Lipinski definition) is 1. The second-order valence-electron chi connectivity index (χ2n) is 6.97. The van der Waals surface area contributed by atoms with Gasteiger partial charge in [-0.3, -0.25) is 14.9 Å². The van der Waals surface area contributed by atoms with Crippen LogP contribution in [0.3, 0.4) is 0 Å². The smallest absolute Gasteiger partial charge is 0.281 e. The number of anilines is 1. The van der Waals surface area contributed by atoms with Gasteiger partial charge in [-0.25, -0.2) is 9.67 Å². The van der Waals surface area contributed by atoms with Crippen LogP contribution in [-0.2, 0) is 0 Å². The van der Waals surface area contributed by atoms with Crippen molar-refractivity contribution in [3.8, 4) is 22.7 Å². The summed E-state index contributed by atoms with van der Waals surface area (Å²) in [5.41, 5.74) is 2.06. The van der Waals surface area contributed by atoms with Crippen LogP contribution in [-0.4, -0.2) is 27.8 Å². The molecule has 0 fully saturated rings. The van der Waals surface area contributed by atoms with E-state index in [1.807, 2.05) is 31.2 Å². The number of thiazole rings is 1. The van der Waals surface area contributed by atoms with Crippen LogP contribution in [0.4, 0.5) is 5.13 Å². The molecule has 0 atom stereocenters. The van der Waals surface area contributed by atoms with Crippen molar-refractivity contribution in [3.05, 3.63) is 86.1 Å². The first-order valence-corrected chi connectivity index (χ1v) is 10.9. The van der Waals surface area contributed by atoms with Crippen LogP contribution >= 0.6 is 22.9 Å². The number of ether oxygens (including phenoxy) is 1. The topological polar surface area (TPSA) is 86.1 Å². The monoisotopic (exact) mass is 466 g/mol. The zero-order valence-corrected chi connectivity index (χ0v) is 19.1. The summed E-state index contributed by atoms with van der Waals surface area (Å²) >= 11 is 7.60. The Bertz CT molecular complexity index is 1360. The Labute approximate surface area is 193 Å². The zero-order valence-electron chi connectivity index (χ0n) is 17.5. The molecule has 7 nitrogen and oxygen atoms in total. The van der Waals surface area contributed by atoms with Crippen LogP contribution in [0.15, 0.2) is 59.4 Å². The van der Waals surface area contributed by atoms with E-state index in [4.69, 9.17) is 16.3 Å². The minimum absolute atomic E-state index is 0.241. The number of aromatic nitrogens is 3. The van der Waals surface area contributed by atoms with E-state index in [9.17, 15) is 9.59 Å². The number of rotatable bonds is 5. The highest BCUT2D eigenvalue weighted by atomic mass is 35.5. The zero-order chi connectivity index (χ0) is 22.8. The van der Waals surface area contributed by atoms with E-state index in [-0.39, 0.29) is 5.69 Å². The first-order valence-electron chi connectivity index (χ1n) is 9.66. The molecule has 0 aliphatic rings. The van der Waals surface area contributed by atoms with Gasteiger partial charge in [-0.2, -0.15) is 5.10 Å². The van der Waals surface area contributed by atoms with Crippen LogP contribution in [0.25, 0.3) is 16.9 Å². The molecule has 1 N–H and O–H groups in total. The molecule has 4 aromatic rings. The van der Waals surface area contributed by atoms with Gasteiger partial charge in [-0.05, 0) is 50.2 Å². The Kier molecular flexibility index (Phi) is 6.07. The highest BCUT2D eigenvalue weighted by Crippen LogP contribution is 2.31. The third-order valence-corrected chi connectivity index (χ3v) is 5.99. The van der Waals surface area contributed by atoms with Crippen molar-refractivity contribution in [2.24, 2.45) is 0 Å². The standard InChI is InChI=1S/C23H19ClN4O3S/c1-13-12-19(29)21(27-28(13)18-7-5-4-6-17(18)24)22(30)26-23-25-20(14(2)32-23)15-8-10-16(31-3)11-9-15/h4-12H,1-3H3,(H,25,26,30). The average Bonchev–Trinajstić information content (AvgIpc) is 3.14. The number of halogens is 1. The lowest BCUT2D eigenvalue weighted by molar-refractivity contribution is 0.101. The van der Waals surface area contributed by atoms with Gasteiger partial charge in [0.1, 0.15) is 5.75 Å². The summed E-state index contributed by atoms with van der Waals surface area (Å²) in [6, 6.07) is 15.9. The molecule has 0 saturated carbocycles. The molecule has 2 heterocycles. The van der Waals surface area contributed by atoms with Crippen molar-refractivity contribution in [2.45, 2.75) is 13.8 Å². The number of nitrogens with zero attached hydrogens (tertiary/aromatic N) is 3. The Hall–Kier alpha value is -3.49. The Morgan fingerprint density at radius 2 is 1.84 bits per heavy atom. The molecule has 0 radical (unpaired) electrons. The quantitative estimate of drug-likeness (QED) is 0.452. The van der Waals surface area contributed by atoms with Crippen LogP contribution in [0.1, 0.15) is 21.1 Å². The summed E-state index contributed by atoms with van der Waals surface area (Å²) in [5, 5.41) is 7.81. The summed E-state index contributed by atoms with van der Waals surface area (Å²) in [5.74, 6) is 0.112. The van der Waals surface area contributed by atoms with Crippen molar-refractivity contribution in [1.82, 2.24) is 14.8 Å². The van der Waals surface area contributed by atoms with E-state index < -0.39 is 11.3 Å². The Balaban J connectivity index is 1.64. The number of carbonyl (C=O) groups is 1. The maximum Gasteiger partial charge on any atom is 0.281 e. The average molecular weight is 467 g/mol. The summed E-state index contributed by atoms with van der Waals surface area (Å²) < 4.78 is 6.67. The molecule has 0 aliphatic carbocycles. The first kappa shape index (κ1) is 21.7. The van der Waals surface area contributed by atoms with E-state index in [2.05, 4.69) is 15.4 Å². The van der Waals surface area contributed by atoms with Crippen molar-refractivity contribution < 1.29 is 9.53 Å². The SMILES string of the molecule is COc1ccc(-c2nc(NC(=O)c3nn(-c4ccccc4Cl)c(C)cc3=O)sc2C)cc1. The summed E-state index contributed by atoms with van der Waals surface area (Å²) in [6.07, 6.45) is 0. The van der Waals surface area contributed by atoms with Gasteiger partial charge in [0.25, 0.3) is 5.91 Å². The molecule has 2 aromatic heterocycles. The van der Waals surface area contributed by atoms with Crippen LogP contribution in [0.5, 0.6) is 5.75 Å². The highest BCUT2D eigenvalue weighted by molar-refractivity contribution is 7.16. The predicted molar refractivity (Wildman–Crippen MR) is 126 cm³/mol. The fourth-order valence-electron chi connectivity index (χ4n) is 3.19. The van der Waals surface area contributed by atoms with Gasteiger partial charge in [-0.15, -0.1) is 11.3 Å². The van der Waals surface area contributed by atoms with E-state index >= 15 is 0 Å². The molecule has 1 amide bonds. The van der Waals surface area contributed by atoms with Crippen LogP contribution < -0.4 is 15.5 Å². The molecule has 32 heavy (non-hydrogen) atoms. The number of carbonyl (C=O) groups excluding carboxylic acids is 1. The van der Waals surface area contributed by atoms with Gasteiger partial charge in [0.2, 0.25) is 5.43 Å². The van der Waals surface area contributed by atoms with Gasteiger partial charge >= 0.3 is 0 Å². The first-order chi connectivity index (χ1) is 15.4. The fourth-order valence-corrected chi connectivity index (χ4v) is 4.24. The molecule has 0 saturated heterocycles. The fraction of sp³-hybridized carbons (Fsp3) is 0.130. The molecule has 162 valence electrons. The van der Waals surface area contributed by atoms with Gasteiger partial charge in [0.05, 0.1) is 23.5 Å². The van der Waals surface area contributed by atoms with Crippen molar-refractivity contribution in [2.75, 3.05) is 12.4 Å². The van der Waals surface area contributed by atoms with Crippen LogP contribution in [0, 0.1) is 13.8 Å². The van der Waals surface area contributed by atoms with Crippen LogP contribution in [0.2, 0.25) is 5.02 Å². The molecular weight excluding hydrogens is 448 g/mol. The number of aryl methyl sites for hydroxylation is 2. The molecule has 0 bridgehead atoms. The van der Waals surface area contributed by atoms with Gasteiger partial charge < -0.3 is 4.74 Å². The van der Waals surface area contributed by atoms with E-state index in [1.54, 1.807) is 38.3 Å². The molecule has 0 aliphatic heterocycles. The van der Waals surface area contributed by atoms with Gasteiger partial charge in [0.15, 0.2) is 10.8 Å². The number of hydrogen-bond acceptors (Lipinski definition) is 6. The lowest BCUT2D eigenvalue weighted by Gasteiger charge is -2.12. The predicted octanol–water partition coefficient (Wildman–Crippen LogP) is 4.89. The normalized spacial score (nSPS) is 10.8. The van der Waals surface area contributed by atoms with Gasteiger partial charge in [0, 0.05) is 22.2 Å². The van der Waals surface area contributed by atoms with Crippen molar-refractivity contribution in [3.63, 3.8) is 0 Å². The summed E-state index contributed by atoms with van der Waals surface area (Å²) in [6.45, 7) is 3.64. The molecule has 0 spiro atoms. The number of methoxy groups -OCH3 is 1. The second-order valence-corrected chi connectivity index (χ2v) is 8.58. The molecule has 9 heteroatoms. The third-order valence-electron chi connectivity index (χ3n) is 4.78. The Morgan fingerprint density at radius 3 is 2.53 bits per heavy atom. The number of para-hydroxylation sites is 1. The molecule has 4 rings (SSSR count). The lowest BCUT2D eigenvalue weighted by atomic mass is 10.1. The summed E-state index contributed by atoms with van der Waals surface area (Å²) in [7, 11) is 1.61. The molecule has 2 aromatic carbocycles. The minimum Gasteiger partial charge on any atom is -0.497 e. The largest absolute Gasteiger partial charge is 0.497 e. The van der Waals surface area contributed by atoms with E-state index in [0.29, 0.717) is 21.5 Å². The lowest BCUT2D eigenvalue weighted by Crippen LogP contribution is -2.27. The van der Waals surface area contributed by atoms with E-state index in [0.717, 1.165) is 21.9 Å². The number of benzene rings is 2. The van der Waals surface area contributed by atoms with Crippen molar-refractivity contribution >= 4 is 34.0 Å². The molecule has 0 unspecified atom stereocenters. The highest BCUT2D eigenvalue weighted by Gasteiger charge is 2.19. The van der Waals surface area contributed by atoms with E-state index in [1.165, 1.54) is 22.1 Å². The molecular formula is C23H19ClN4O3S. The maximum absolute atomic E-state index is 12.9. The summed E-state index contributed by atoms with van der Waals surface area (Å²) in [4.78, 5) is 30.8. The Morgan fingerprint density at radius 1 is 1.12 bits per heavy atom. The van der Waals surface area contributed by atoms with Crippen molar-refractivity contribution in [1.29, 1.82) is 0 Å².